The molecule has 0 aliphatic rings. The summed E-state index contributed by atoms with van der Waals surface area (Å²) < 4.78 is 11.3. The van der Waals surface area contributed by atoms with Crippen LogP contribution >= 0.6 is 11.3 Å². The van der Waals surface area contributed by atoms with Gasteiger partial charge in [-0.1, -0.05) is 12.1 Å². The lowest BCUT2D eigenvalue weighted by Gasteiger charge is -2.19. The minimum absolute atomic E-state index is 0.00983. The maximum absolute atomic E-state index is 12.4. The van der Waals surface area contributed by atoms with Gasteiger partial charge in [0, 0.05) is 18.0 Å². The molecule has 0 atom stereocenters. The number of hydrogen-bond donors (Lipinski definition) is 1. The molecule has 0 bridgehead atoms. The lowest BCUT2D eigenvalue weighted by Crippen LogP contribution is -2.34. The van der Waals surface area contributed by atoms with Crippen molar-refractivity contribution in [3.8, 4) is 17.6 Å². The van der Waals surface area contributed by atoms with Crippen LogP contribution < -0.4 is 14.8 Å². The first kappa shape index (κ1) is 24.0. The van der Waals surface area contributed by atoms with Gasteiger partial charge in [0.15, 0.2) is 18.1 Å². The van der Waals surface area contributed by atoms with Gasteiger partial charge in [-0.05, 0) is 56.0 Å². The summed E-state index contributed by atoms with van der Waals surface area (Å²) in [6.45, 7) is 7.58. The SMILES string of the molecule is CCOc1cc(/C=C(\C#N)C(=O)NCc2cccs2)ccc1OCC(=O)N(CC)CC. The topological polar surface area (TPSA) is 91.7 Å². The van der Waals surface area contributed by atoms with E-state index in [1.165, 1.54) is 17.4 Å². The predicted octanol–water partition coefficient (Wildman–Crippen LogP) is 3.62. The summed E-state index contributed by atoms with van der Waals surface area (Å²) in [6, 6.07) is 10.8. The Morgan fingerprint density at radius 2 is 1.94 bits per heavy atom. The molecular formula is C23H27N3O4S. The number of nitrogens with zero attached hydrogens (tertiary/aromatic N) is 2. The Hall–Kier alpha value is -3.31. The van der Waals surface area contributed by atoms with Gasteiger partial charge in [0.05, 0.1) is 13.2 Å². The van der Waals surface area contributed by atoms with Crippen LogP contribution in [0.25, 0.3) is 6.08 Å². The number of carbonyl (C=O) groups is 2. The monoisotopic (exact) mass is 441 g/mol. The van der Waals surface area contributed by atoms with Gasteiger partial charge in [0.2, 0.25) is 0 Å². The van der Waals surface area contributed by atoms with E-state index in [0.29, 0.717) is 43.3 Å². The van der Waals surface area contributed by atoms with E-state index in [0.717, 1.165) is 4.88 Å². The molecule has 0 saturated heterocycles. The van der Waals surface area contributed by atoms with Crippen molar-refractivity contribution < 1.29 is 19.1 Å². The summed E-state index contributed by atoms with van der Waals surface area (Å²) in [4.78, 5) is 27.2. The smallest absolute Gasteiger partial charge is 0.262 e. The van der Waals surface area contributed by atoms with E-state index < -0.39 is 5.91 Å². The zero-order valence-corrected chi connectivity index (χ0v) is 18.8. The third-order valence-electron chi connectivity index (χ3n) is 4.41. The number of rotatable bonds is 11. The summed E-state index contributed by atoms with van der Waals surface area (Å²) >= 11 is 1.53. The molecule has 1 N–H and O–H groups in total. The average Bonchev–Trinajstić information content (AvgIpc) is 3.30. The summed E-state index contributed by atoms with van der Waals surface area (Å²) in [7, 11) is 0. The summed E-state index contributed by atoms with van der Waals surface area (Å²) in [5.74, 6) is 0.324. The third-order valence-corrected chi connectivity index (χ3v) is 5.29. The van der Waals surface area contributed by atoms with Gasteiger partial charge in [0.1, 0.15) is 11.6 Å². The number of amides is 2. The Labute approximate surface area is 186 Å². The van der Waals surface area contributed by atoms with Crippen molar-refractivity contribution in [1.29, 1.82) is 5.26 Å². The van der Waals surface area contributed by atoms with Gasteiger partial charge in [0.25, 0.3) is 11.8 Å². The van der Waals surface area contributed by atoms with Crippen LogP contribution in [0.5, 0.6) is 11.5 Å². The van der Waals surface area contributed by atoms with Gasteiger partial charge < -0.3 is 19.7 Å². The van der Waals surface area contributed by atoms with E-state index in [1.54, 1.807) is 23.1 Å². The minimum atomic E-state index is -0.445. The van der Waals surface area contributed by atoms with Crippen LogP contribution in [0.3, 0.4) is 0 Å². The quantitative estimate of drug-likeness (QED) is 0.425. The summed E-state index contributed by atoms with van der Waals surface area (Å²) in [5.41, 5.74) is 0.609. The number of ether oxygens (including phenoxy) is 2. The number of nitriles is 1. The zero-order chi connectivity index (χ0) is 22.6. The zero-order valence-electron chi connectivity index (χ0n) is 18.0. The second-order valence-corrected chi connectivity index (χ2v) is 7.46. The first-order valence-electron chi connectivity index (χ1n) is 10.1. The molecule has 0 aliphatic heterocycles. The second-order valence-electron chi connectivity index (χ2n) is 6.43. The molecule has 8 heteroatoms. The van der Waals surface area contributed by atoms with Gasteiger partial charge in [-0.2, -0.15) is 5.26 Å². The molecule has 0 fully saturated rings. The number of hydrogen-bond acceptors (Lipinski definition) is 6. The second kappa shape index (κ2) is 12.4. The molecule has 2 amide bonds. The van der Waals surface area contributed by atoms with Crippen molar-refractivity contribution in [3.63, 3.8) is 0 Å². The van der Waals surface area contributed by atoms with Gasteiger partial charge >= 0.3 is 0 Å². The van der Waals surface area contributed by atoms with Crippen LogP contribution in [0.2, 0.25) is 0 Å². The highest BCUT2D eigenvalue weighted by Gasteiger charge is 2.14. The Kier molecular flexibility index (Phi) is 9.59. The summed E-state index contributed by atoms with van der Waals surface area (Å²) in [5, 5.41) is 14.1. The maximum Gasteiger partial charge on any atom is 0.262 e. The van der Waals surface area contributed by atoms with E-state index in [-0.39, 0.29) is 18.1 Å². The Balaban J connectivity index is 2.12. The highest BCUT2D eigenvalue weighted by Crippen LogP contribution is 2.29. The van der Waals surface area contributed by atoms with Crippen LogP contribution in [-0.2, 0) is 16.1 Å². The van der Waals surface area contributed by atoms with E-state index in [2.05, 4.69) is 5.32 Å². The fraction of sp³-hybridized carbons (Fsp3) is 0.348. The molecule has 1 aromatic heterocycles. The third kappa shape index (κ3) is 7.15. The van der Waals surface area contributed by atoms with Crippen molar-refractivity contribution in [2.24, 2.45) is 0 Å². The first-order chi connectivity index (χ1) is 15.0. The molecular weight excluding hydrogens is 414 g/mol. The van der Waals surface area contributed by atoms with Crippen LogP contribution in [0.4, 0.5) is 0 Å². The van der Waals surface area contributed by atoms with Gasteiger partial charge in [-0.25, -0.2) is 0 Å². The van der Waals surface area contributed by atoms with Crippen LogP contribution in [0.15, 0.2) is 41.3 Å². The van der Waals surface area contributed by atoms with E-state index in [1.807, 2.05) is 44.4 Å². The molecule has 1 aromatic carbocycles. The van der Waals surface area contributed by atoms with E-state index in [9.17, 15) is 14.9 Å². The number of likely N-dealkylation sites (N-methyl/N-ethyl adjacent to an activating group) is 1. The predicted molar refractivity (Wildman–Crippen MR) is 121 cm³/mol. The lowest BCUT2D eigenvalue weighted by molar-refractivity contribution is -0.133. The molecule has 31 heavy (non-hydrogen) atoms. The molecule has 0 radical (unpaired) electrons. The molecule has 0 saturated carbocycles. The van der Waals surface area contributed by atoms with E-state index >= 15 is 0 Å². The van der Waals surface area contributed by atoms with Gasteiger partial charge in [-0.3, -0.25) is 9.59 Å². The standard InChI is InChI=1S/C23H27N3O4S/c1-4-26(5-2)22(27)16-30-20-10-9-17(13-21(20)29-6-3)12-18(14-24)23(28)25-15-19-8-7-11-31-19/h7-13H,4-6,15-16H2,1-3H3,(H,25,28)/b18-12+. The molecule has 2 aromatic rings. The van der Waals surface area contributed by atoms with Gasteiger partial charge in [-0.15, -0.1) is 11.3 Å². The van der Waals surface area contributed by atoms with Crippen LogP contribution in [0, 0.1) is 11.3 Å². The Morgan fingerprint density at radius 1 is 1.16 bits per heavy atom. The summed E-state index contributed by atoms with van der Waals surface area (Å²) in [6.07, 6.45) is 1.50. The van der Waals surface area contributed by atoms with Crippen molar-refractivity contribution in [3.05, 3.63) is 51.7 Å². The molecule has 0 aliphatic carbocycles. The average molecular weight is 442 g/mol. The Morgan fingerprint density at radius 3 is 2.55 bits per heavy atom. The normalized spacial score (nSPS) is 10.8. The molecule has 1 heterocycles. The number of benzene rings is 1. The van der Waals surface area contributed by atoms with Crippen molar-refractivity contribution >= 4 is 29.2 Å². The van der Waals surface area contributed by atoms with Crippen molar-refractivity contribution in [1.82, 2.24) is 10.2 Å². The maximum atomic E-state index is 12.4. The molecule has 7 nitrogen and oxygen atoms in total. The van der Waals surface area contributed by atoms with Crippen molar-refractivity contribution in [2.75, 3.05) is 26.3 Å². The molecule has 0 spiro atoms. The number of nitrogens with one attached hydrogen (secondary N) is 1. The number of carbonyl (C=O) groups excluding carboxylic acids is 2. The highest BCUT2D eigenvalue weighted by atomic mass is 32.1. The highest BCUT2D eigenvalue weighted by molar-refractivity contribution is 7.09. The Bertz CT molecular complexity index is 944. The van der Waals surface area contributed by atoms with Crippen molar-refractivity contribution in [2.45, 2.75) is 27.3 Å². The molecule has 0 unspecified atom stereocenters. The first-order valence-corrected chi connectivity index (χ1v) is 11.0. The minimum Gasteiger partial charge on any atom is -0.490 e. The largest absolute Gasteiger partial charge is 0.490 e. The van der Waals surface area contributed by atoms with E-state index in [4.69, 9.17) is 9.47 Å². The molecule has 2 rings (SSSR count). The van der Waals surface area contributed by atoms with Crippen LogP contribution in [-0.4, -0.2) is 43.0 Å². The molecule has 164 valence electrons. The number of thiophene rings is 1. The lowest BCUT2D eigenvalue weighted by atomic mass is 10.1. The fourth-order valence-electron chi connectivity index (χ4n) is 2.80. The fourth-order valence-corrected chi connectivity index (χ4v) is 3.44. The van der Waals surface area contributed by atoms with Crippen LogP contribution in [0.1, 0.15) is 31.2 Å².